The minimum Gasteiger partial charge on any atom is -0.488 e. The number of nitrogens with one attached hydrogen (secondary N) is 1. The van der Waals surface area contributed by atoms with Gasteiger partial charge in [-0.3, -0.25) is 14.2 Å². The molecule has 7 nitrogen and oxygen atoms in total. The van der Waals surface area contributed by atoms with Crippen molar-refractivity contribution in [3.63, 3.8) is 0 Å². The monoisotopic (exact) mass is 493 g/mol. The Balaban J connectivity index is 1.38. The third kappa shape index (κ3) is 5.08. The summed E-state index contributed by atoms with van der Waals surface area (Å²) in [4.78, 5) is 12.7. The van der Waals surface area contributed by atoms with Gasteiger partial charge in [-0.05, 0) is 59.6 Å². The molecule has 0 spiro atoms. The van der Waals surface area contributed by atoms with Gasteiger partial charge in [-0.15, -0.1) is 0 Å². The predicted molar refractivity (Wildman–Crippen MR) is 127 cm³/mol. The molecule has 8 heteroatoms. The van der Waals surface area contributed by atoms with Crippen LogP contribution in [0.1, 0.15) is 34.1 Å². The number of hydrogen-bond donors (Lipinski definition) is 1. The van der Waals surface area contributed by atoms with E-state index in [1.807, 2.05) is 66.5 Å². The minimum atomic E-state index is -0.192. The van der Waals surface area contributed by atoms with Crippen molar-refractivity contribution in [3.8, 4) is 5.75 Å². The first kappa shape index (κ1) is 21.8. The smallest absolute Gasteiger partial charge is 0.255 e. The molecule has 0 saturated carbocycles. The van der Waals surface area contributed by atoms with Crippen molar-refractivity contribution in [3.05, 3.63) is 94.0 Å². The van der Waals surface area contributed by atoms with E-state index < -0.39 is 0 Å². The molecule has 164 valence electrons. The zero-order chi connectivity index (χ0) is 22.5. The number of ether oxygens (including phenoxy) is 1. The van der Waals surface area contributed by atoms with Crippen LogP contribution < -0.4 is 10.1 Å². The van der Waals surface area contributed by atoms with Gasteiger partial charge in [-0.1, -0.05) is 24.3 Å². The molecule has 0 aliphatic carbocycles. The summed E-state index contributed by atoms with van der Waals surface area (Å²) < 4.78 is 10.5. The van der Waals surface area contributed by atoms with Crippen LogP contribution in [-0.2, 0) is 19.7 Å². The fourth-order valence-electron chi connectivity index (χ4n) is 3.38. The van der Waals surface area contributed by atoms with Gasteiger partial charge in [-0.2, -0.15) is 10.2 Å². The van der Waals surface area contributed by atoms with E-state index in [0.29, 0.717) is 24.4 Å². The number of aromatic nitrogens is 4. The van der Waals surface area contributed by atoms with Crippen molar-refractivity contribution in [1.29, 1.82) is 0 Å². The molecule has 0 bridgehead atoms. The van der Waals surface area contributed by atoms with Crippen LogP contribution in [0.2, 0.25) is 0 Å². The number of rotatable bonds is 8. The first-order chi connectivity index (χ1) is 15.5. The third-order valence-corrected chi connectivity index (χ3v) is 5.80. The fourth-order valence-corrected chi connectivity index (χ4v) is 3.78. The summed E-state index contributed by atoms with van der Waals surface area (Å²) >= 11 is 3.47. The summed E-state index contributed by atoms with van der Waals surface area (Å²) in [6.45, 7) is 5.91. The Labute approximate surface area is 195 Å². The van der Waals surface area contributed by atoms with Crippen molar-refractivity contribution in [1.82, 2.24) is 19.6 Å². The van der Waals surface area contributed by atoms with E-state index in [1.54, 1.807) is 16.9 Å². The Morgan fingerprint density at radius 3 is 2.75 bits per heavy atom. The summed E-state index contributed by atoms with van der Waals surface area (Å²) in [5.41, 5.74) is 4.34. The number of hydrogen-bond acceptors (Lipinski definition) is 4. The summed E-state index contributed by atoms with van der Waals surface area (Å²) in [5.74, 6) is 0.566. The molecule has 0 fully saturated rings. The van der Waals surface area contributed by atoms with Crippen LogP contribution >= 0.6 is 15.9 Å². The summed E-state index contributed by atoms with van der Waals surface area (Å²) in [6, 6.07) is 15.1. The van der Waals surface area contributed by atoms with Crippen LogP contribution in [-0.4, -0.2) is 25.5 Å². The molecular formula is C24H24BrN5O2. The number of carbonyl (C=O) groups is 1. The summed E-state index contributed by atoms with van der Waals surface area (Å²) in [6.07, 6.45) is 5.33. The van der Waals surface area contributed by atoms with Crippen LogP contribution in [0.15, 0.2) is 71.6 Å². The second-order valence-electron chi connectivity index (χ2n) is 7.37. The maximum absolute atomic E-state index is 12.7. The Hall–Kier alpha value is -3.39. The molecule has 0 aliphatic rings. The first-order valence-corrected chi connectivity index (χ1v) is 11.1. The normalized spacial score (nSPS) is 10.8. The van der Waals surface area contributed by atoms with Crippen LogP contribution in [0.4, 0.5) is 5.69 Å². The molecule has 2 aromatic heterocycles. The predicted octanol–water partition coefficient (Wildman–Crippen LogP) is 5.05. The largest absolute Gasteiger partial charge is 0.488 e. The van der Waals surface area contributed by atoms with E-state index in [9.17, 15) is 4.79 Å². The van der Waals surface area contributed by atoms with E-state index in [1.165, 1.54) is 0 Å². The van der Waals surface area contributed by atoms with Crippen molar-refractivity contribution < 1.29 is 9.53 Å². The zero-order valence-corrected chi connectivity index (χ0v) is 19.5. The van der Waals surface area contributed by atoms with Crippen molar-refractivity contribution >= 4 is 27.5 Å². The Morgan fingerprint density at radius 1 is 1.12 bits per heavy atom. The van der Waals surface area contributed by atoms with E-state index in [0.717, 1.165) is 33.6 Å². The highest BCUT2D eigenvalue weighted by molar-refractivity contribution is 9.10. The third-order valence-electron chi connectivity index (χ3n) is 5.15. The molecule has 2 aromatic carbocycles. The van der Waals surface area contributed by atoms with E-state index in [-0.39, 0.29) is 5.91 Å². The second-order valence-corrected chi connectivity index (χ2v) is 8.23. The highest BCUT2D eigenvalue weighted by atomic mass is 79.9. The molecule has 0 unspecified atom stereocenters. The van der Waals surface area contributed by atoms with Gasteiger partial charge in [0.15, 0.2) is 0 Å². The topological polar surface area (TPSA) is 74.0 Å². The SMILES string of the molecule is CCn1ncc(Cn2cc(NC(=O)c3cccc(COc4ccccc4Br)c3)cn2)c1C. The average molecular weight is 494 g/mol. The van der Waals surface area contributed by atoms with Gasteiger partial charge >= 0.3 is 0 Å². The van der Waals surface area contributed by atoms with E-state index >= 15 is 0 Å². The van der Waals surface area contributed by atoms with Crippen molar-refractivity contribution in [2.45, 2.75) is 33.5 Å². The molecule has 0 radical (unpaired) electrons. The van der Waals surface area contributed by atoms with Crippen molar-refractivity contribution in [2.24, 2.45) is 0 Å². The Bertz CT molecular complexity index is 1230. The lowest BCUT2D eigenvalue weighted by Crippen LogP contribution is -2.12. The van der Waals surface area contributed by atoms with Crippen LogP contribution in [0.25, 0.3) is 0 Å². The van der Waals surface area contributed by atoms with Crippen LogP contribution in [0.5, 0.6) is 5.75 Å². The first-order valence-electron chi connectivity index (χ1n) is 10.3. The Kier molecular flexibility index (Phi) is 6.70. The lowest BCUT2D eigenvalue weighted by atomic mass is 10.1. The highest BCUT2D eigenvalue weighted by Gasteiger charge is 2.11. The maximum Gasteiger partial charge on any atom is 0.255 e. The number of benzene rings is 2. The average Bonchev–Trinajstić information content (AvgIpc) is 3.39. The molecular weight excluding hydrogens is 470 g/mol. The summed E-state index contributed by atoms with van der Waals surface area (Å²) in [5, 5.41) is 11.6. The molecule has 2 heterocycles. The molecule has 32 heavy (non-hydrogen) atoms. The van der Waals surface area contributed by atoms with Crippen molar-refractivity contribution in [2.75, 3.05) is 5.32 Å². The van der Waals surface area contributed by atoms with Crippen LogP contribution in [0, 0.1) is 6.92 Å². The molecule has 4 rings (SSSR count). The molecule has 4 aromatic rings. The second kappa shape index (κ2) is 9.82. The van der Waals surface area contributed by atoms with Gasteiger partial charge < -0.3 is 10.1 Å². The molecule has 0 atom stereocenters. The quantitative estimate of drug-likeness (QED) is 0.372. The number of aryl methyl sites for hydroxylation is 1. The molecule has 1 N–H and O–H groups in total. The van der Waals surface area contributed by atoms with E-state index in [2.05, 4.69) is 38.4 Å². The van der Waals surface area contributed by atoms with Crippen LogP contribution in [0.3, 0.4) is 0 Å². The molecule has 0 saturated heterocycles. The lowest BCUT2D eigenvalue weighted by Gasteiger charge is -2.09. The standard InChI is InChI=1S/C24H24BrN5O2/c1-3-30-17(2)20(12-27-30)14-29-15-21(13-26-29)28-24(31)19-8-6-7-18(11-19)16-32-23-10-5-4-9-22(23)25/h4-13,15H,3,14,16H2,1-2H3,(H,28,31). The number of nitrogens with zero attached hydrogens (tertiary/aromatic N) is 4. The van der Waals surface area contributed by atoms with Gasteiger partial charge in [0.2, 0.25) is 0 Å². The number of amides is 1. The molecule has 1 amide bonds. The summed E-state index contributed by atoms with van der Waals surface area (Å²) in [7, 11) is 0. The fraction of sp³-hybridized carbons (Fsp3) is 0.208. The lowest BCUT2D eigenvalue weighted by molar-refractivity contribution is 0.102. The van der Waals surface area contributed by atoms with Gasteiger partial charge in [0, 0.05) is 29.6 Å². The Morgan fingerprint density at radius 2 is 1.97 bits per heavy atom. The van der Waals surface area contributed by atoms with Gasteiger partial charge in [0.25, 0.3) is 5.91 Å². The zero-order valence-electron chi connectivity index (χ0n) is 18.0. The number of carbonyl (C=O) groups excluding carboxylic acids is 1. The molecule has 0 aliphatic heterocycles. The highest BCUT2D eigenvalue weighted by Crippen LogP contribution is 2.25. The number of para-hydroxylation sites is 1. The minimum absolute atomic E-state index is 0.192. The van der Waals surface area contributed by atoms with Gasteiger partial charge in [-0.25, -0.2) is 0 Å². The number of anilines is 1. The van der Waals surface area contributed by atoms with E-state index in [4.69, 9.17) is 4.74 Å². The maximum atomic E-state index is 12.7. The van der Waals surface area contributed by atoms with Gasteiger partial charge in [0.05, 0.1) is 29.1 Å². The number of halogens is 1. The van der Waals surface area contributed by atoms with Gasteiger partial charge in [0.1, 0.15) is 12.4 Å².